The third kappa shape index (κ3) is 1.40. The Labute approximate surface area is 94.6 Å². The number of amides is 1. The molecule has 0 unspecified atom stereocenters. The highest BCUT2D eigenvalue weighted by Crippen LogP contribution is 2.32. The van der Waals surface area contributed by atoms with Gasteiger partial charge in [0.15, 0.2) is 0 Å². The van der Waals surface area contributed by atoms with Gasteiger partial charge in [0.1, 0.15) is 0 Å². The van der Waals surface area contributed by atoms with Gasteiger partial charge in [0.2, 0.25) is 0 Å². The summed E-state index contributed by atoms with van der Waals surface area (Å²) in [6.45, 7) is 0. The molecular formula is C10H5IN2O. The molecule has 0 atom stereocenters. The minimum Gasteiger partial charge on any atom is -0.321 e. The van der Waals surface area contributed by atoms with Crippen LogP contribution in [-0.2, 0) is 4.79 Å². The molecule has 1 amide bonds. The van der Waals surface area contributed by atoms with Crippen molar-refractivity contribution in [2.24, 2.45) is 0 Å². The zero-order valence-corrected chi connectivity index (χ0v) is 9.20. The lowest BCUT2D eigenvalue weighted by Gasteiger charge is -1.97. The highest BCUT2D eigenvalue weighted by Gasteiger charge is 2.23. The maximum Gasteiger partial charge on any atom is 0.257 e. The van der Waals surface area contributed by atoms with Gasteiger partial charge in [-0.2, -0.15) is 5.26 Å². The smallest absolute Gasteiger partial charge is 0.257 e. The van der Waals surface area contributed by atoms with E-state index in [-0.39, 0.29) is 5.91 Å². The van der Waals surface area contributed by atoms with Crippen LogP contribution in [-0.4, -0.2) is 5.91 Å². The number of anilines is 1. The molecule has 0 spiro atoms. The van der Waals surface area contributed by atoms with Crippen LogP contribution < -0.4 is 5.32 Å². The molecule has 1 aliphatic heterocycles. The molecule has 1 aliphatic rings. The van der Waals surface area contributed by atoms with Crippen molar-refractivity contribution in [2.45, 2.75) is 0 Å². The van der Waals surface area contributed by atoms with Crippen LogP contribution >= 0.6 is 22.6 Å². The molecule has 0 bridgehead atoms. The molecule has 4 heteroatoms. The number of halogens is 1. The minimum absolute atomic E-state index is 0.205. The Hall–Kier alpha value is -1.35. The van der Waals surface area contributed by atoms with E-state index in [9.17, 15) is 4.79 Å². The van der Waals surface area contributed by atoms with Gasteiger partial charge in [-0.05, 0) is 40.8 Å². The summed E-state index contributed by atoms with van der Waals surface area (Å²) in [4.78, 5) is 11.4. The number of nitrogens with zero attached hydrogens (tertiary/aromatic N) is 1. The number of benzene rings is 1. The number of hydrogen-bond acceptors (Lipinski definition) is 2. The van der Waals surface area contributed by atoms with Gasteiger partial charge in [0.25, 0.3) is 5.91 Å². The monoisotopic (exact) mass is 296 g/mol. The summed E-state index contributed by atoms with van der Waals surface area (Å²) in [5.41, 5.74) is 2.03. The topological polar surface area (TPSA) is 52.9 Å². The van der Waals surface area contributed by atoms with Crippen molar-refractivity contribution in [3.8, 4) is 6.07 Å². The zero-order valence-electron chi connectivity index (χ0n) is 7.04. The van der Waals surface area contributed by atoms with E-state index in [4.69, 9.17) is 5.26 Å². The van der Waals surface area contributed by atoms with Gasteiger partial charge in [-0.1, -0.05) is 0 Å². The predicted molar refractivity (Wildman–Crippen MR) is 61.4 cm³/mol. The number of allylic oxidation sites excluding steroid dienone is 1. The first kappa shape index (κ1) is 9.21. The second-order valence-corrected chi connectivity index (χ2v) is 4.08. The molecule has 68 valence electrons. The summed E-state index contributed by atoms with van der Waals surface area (Å²) in [5, 5.41) is 11.2. The SMILES string of the molecule is N#CC=C1C(=O)Nc2ccc(I)cc21. The number of carbonyl (C=O) groups is 1. The van der Waals surface area contributed by atoms with E-state index in [1.807, 2.05) is 24.3 Å². The van der Waals surface area contributed by atoms with Crippen LogP contribution in [0.4, 0.5) is 5.69 Å². The first-order valence-corrected chi connectivity index (χ1v) is 5.01. The number of hydrogen-bond donors (Lipinski definition) is 1. The van der Waals surface area contributed by atoms with Crippen LogP contribution in [0.2, 0.25) is 0 Å². The van der Waals surface area contributed by atoms with E-state index in [1.165, 1.54) is 6.08 Å². The van der Waals surface area contributed by atoms with Gasteiger partial charge in [-0.15, -0.1) is 0 Å². The Morgan fingerprint density at radius 3 is 3.00 bits per heavy atom. The third-order valence-electron chi connectivity index (χ3n) is 1.97. The van der Waals surface area contributed by atoms with Crippen LogP contribution in [0, 0.1) is 14.9 Å². The van der Waals surface area contributed by atoms with Crippen molar-refractivity contribution >= 4 is 39.8 Å². The van der Waals surface area contributed by atoms with Crippen molar-refractivity contribution in [2.75, 3.05) is 5.32 Å². The highest BCUT2D eigenvalue weighted by atomic mass is 127. The van der Waals surface area contributed by atoms with Crippen molar-refractivity contribution in [1.29, 1.82) is 5.26 Å². The van der Waals surface area contributed by atoms with E-state index in [0.29, 0.717) is 5.57 Å². The molecule has 14 heavy (non-hydrogen) atoms. The standard InChI is InChI=1S/C10H5IN2O/c11-6-1-2-9-8(5-6)7(3-4-12)10(14)13-9/h1-3,5H,(H,13,14). The lowest BCUT2D eigenvalue weighted by atomic mass is 10.1. The van der Waals surface area contributed by atoms with E-state index in [0.717, 1.165) is 14.8 Å². The van der Waals surface area contributed by atoms with E-state index < -0.39 is 0 Å². The zero-order chi connectivity index (χ0) is 10.1. The Bertz CT molecular complexity index is 485. The summed E-state index contributed by atoms with van der Waals surface area (Å²) < 4.78 is 1.04. The fourth-order valence-corrected chi connectivity index (χ4v) is 1.86. The first-order valence-electron chi connectivity index (χ1n) is 3.93. The predicted octanol–water partition coefficient (Wildman–Crippen LogP) is 2.15. The number of nitriles is 1. The lowest BCUT2D eigenvalue weighted by Crippen LogP contribution is -2.03. The maximum atomic E-state index is 11.4. The molecule has 0 aromatic heterocycles. The van der Waals surface area contributed by atoms with Crippen molar-refractivity contribution in [1.82, 2.24) is 0 Å². The Balaban J connectivity index is 2.62. The summed E-state index contributed by atoms with van der Waals surface area (Å²) in [7, 11) is 0. The third-order valence-corrected chi connectivity index (χ3v) is 2.64. The largest absolute Gasteiger partial charge is 0.321 e. The second-order valence-electron chi connectivity index (χ2n) is 2.83. The Morgan fingerprint density at radius 1 is 1.50 bits per heavy atom. The number of nitrogens with one attached hydrogen (secondary N) is 1. The Kier molecular flexibility index (Phi) is 2.25. The van der Waals surface area contributed by atoms with Gasteiger partial charge >= 0.3 is 0 Å². The van der Waals surface area contributed by atoms with Crippen molar-refractivity contribution in [3.63, 3.8) is 0 Å². The molecule has 3 nitrogen and oxygen atoms in total. The van der Waals surface area contributed by atoms with E-state index in [1.54, 1.807) is 0 Å². The van der Waals surface area contributed by atoms with Gasteiger partial charge in [0, 0.05) is 20.9 Å². The first-order chi connectivity index (χ1) is 6.72. The molecule has 0 radical (unpaired) electrons. The lowest BCUT2D eigenvalue weighted by molar-refractivity contribution is -0.110. The minimum atomic E-state index is -0.205. The molecule has 2 rings (SSSR count). The average Bonchev–Trinajstić information content (AvgIpc) is 2.45. The molecular weight excluding hydrogens is 291 g/mol. The Morgan fingerprint density at radius 2 is 2.29 bits per heavy atom. The molecule has 0 saturated heterocycles. The molecule has 1 heterocycles. The average molecular weight is 296 g/mol. The number of rotatable bonds is 0. The summed E-state index contributed by atoms with van der Waals surface area (Å²) in [6.07, 6.45) is 1.28. The molecule has 1 aromatic rings. The van der Waals surface area contributed by atoms with Crippen LogP contribution in [0.15, 0.2) is 24.3 Å². The van der Waals surface area contributed by atoms with Crippen LogP contribution in [0.25, 0.3) is 5.57 Å². The van der Waals surface area contributed by atoms with E-state index >= 15 is 0 Å². The quantitative estimate of drug-likeness (QED) is 0.453. The van der Waals surface area contributed by atoms with Gasteiger partial charge in [-0.25, -0.2) is 0 Å². The van der Waals surface area contributed by atoms with Gasteiger partial charge < -0.3 is 5.32 Å². The maximum absolute atomic E-state index is 11.4. The van der Waals surface area contributed by atoms with Crippen molar-refractivity contribution < 1.29 is 4.79 Å². The fraction of sp³-hybridized carbons (Fsp3) is 0. The summed E-state index contributed by atoms with van der Waals surface area (Å²) in [5.74, 6) is -0.205. The fourth-order valence-electron chi connectivity index (χ4n) is 1.37. The van der Waals surface area contributed by atoms with Crippen LogP contribution in [0.5, 0.6) is 0 Å². The summed E-state index contributed by atoms with van der Waals surface area (Å²) in [6, 6.07) is 7.51. The number of carbonyl (C=O) groups excluding carboxylic acids is 1. The second kappa shape index (κ2) is 3.42. The van der Waals surface area contributed by atoms with Gasteiger partial charge in [0.05, 0.1) is 11.6 Å². The van der Waals surface area contributed by atoms with Crippen molar-refractivity contribution in [3.05, 3.63) is 33.4 Å². The van der Waals surface area contributed by atoms with Crippen LogP contribution in [0.3, 0.4) is 0 Å². The molecule has 0 fully saturated rings. The van der Waals surface area contributed by atoms with E-state index in [2.05, 4.69) is 27.9 Å². The number of fused-ring (bicyclic) bond motifs is 1. The molecule has 0 saturated carbocycles. The molecule has 1 N–H and O–H groups in total. The van der Waals surface area contributed by atoms with Crippen LogP contribution in [0.1, 0.15) is 5.56 Å². The summed E-state index contributed by atoms with van der Waals surface area (Å²) >= 11 is 2.17. The normalized spacial score (nSPS) is 16.3. The molecule has 0 aliphatic carbocycles. The van der Waals surface area contributed by atoms with Gasteiger partial charge in [-0.3, -0.25) is 4.79 Å². The molecule has 1 aromatic carbocycles. The highest BCUT2D eigenvalue weighted by molar-refractivity contribution is 14.1.